The van der Waals surface area contributed by atoms with E-state index in [0.717, 1.165) is 25.8 Å². The Balaban J connectivity index is 1.90. The molecule has 2 fully saturated rings. The molecule has 1 saturated heterocycles. The average Bonchev–Trinajstić information content (AvgIpc) is 2.70. The van der Waals surface area contributed by atoms with Gasteiger partial charge in [-0.2, -0.15) is 0 Å². The molecule has 3 nitrogen and oxygen atoms in total. The molecule has 0 spiro atoms. The zero-order valence-electron chi connectivity index (χ0n) is 10.5. The van der Waals surface area contributed by atoms with Crippen molar-refractivity contribution in [3.8, 4) is 0 Å². The third-order valence-electron chi connectivity index (χ3n) is 4.33. The second-order valence-electron chi connectivity index (χ2n) is 5.73. The minimum atomic E-state index is -0.0861. The van der Waals surface area contributed by atoms with Gasteiger partial charge < -0.3 is 10.6 Å². The van der Waals surface area contributed by atoms with Gasteiger partial charge in [0.25, 0.3) is 0 Å². The van der Waals surface area contributed by atoms with Crippen molar-refractivity contribution in [2.45, 2.75) is 64.5 Å². The van der Waals surface area contributed by atoms with Crippen molar-refractivity contribution in [3.63, 3.8) is 0 Å². The number of amides is 1. The van der Waals surface area contributed by atoms with Crippen LogP contribution in [0.1, 0.15) is 52.4 Å². The van der Waals surface area contributed by atoms with E-state index in [9.17, 15) is 4.79 Å². The molecule has 0 bridgehead atoms. The molecule has 2 atom stereocenters. The van der Waals surface area contributed by atoms with Gasteiger partial charge in [0.15, 0.2) is 0 Å². The highest BCUT2D eigenvalue weighted by atomic mass is 16.2. The van der Waals surface area contributed by atoms with Crippen molar-refractivity contribution < 1.29 is 4.79 Å². The lowest BCUT2D eigenvalue weighted by molar-refractivity contribution is -0.131. The van der Waals surface area contributed by atoms with Crippen molar-refractivity contribution in [2.75, 3.05) is 6.54 Å². The second-order valence-corrected chi connectivity index (χ2v) is 5.73. The zero-order valence-corrected chi connectivity index (χ0v) is 10.5. The van der Waals surface area contributed by atoms with Crippen LogP contribution in [0.3, 0.4) is 0 Å². The van der Waals surface area contributed by atoms with Crippen LogP contribution in [0.5, 0.6) is 0 Å². The molecule has 1 amide bonds. The molecule has 0 aromatic rings. The Kier molecular flexibility index (Phi) is 3.53. The van der Waals surface area contributed by atoms with Gasteiger partial charge in [0.2, 0.25) is 5.91 Å². The molecule has 0 aromatic carbocycles. The summed E-state index contributed by atoms with van der Waals surface area (Å²) in [6.07, 6.45) is 6.84. The first-order valence-corrected chi connectivity index (χ1v) is 6.66. The Hall–Kier alpha value is -0.570. The van der Waals surface area contributed by atoms with Crippen LogP contribution in [0.15, 0.2) is 0 Å². The van der Waals surface area contributed by atoms with E-state index in [1.807, 2.05) is 0 Å². The first-order valence-electron chi connectivity index (χ1n) is 6.66. The maximum absolute atomic E-state index is 12.2. The summed E-state index contributed by atoms with van der Waals surface area (Å²) in [6, 6.07) is 0.751. The topological polar surface area (TPSA) is 41.1 Å². The first kappa shape index (κ1) is 11.9. The third kappa shape index (κ3) is 2.40. The van der Waals surface area contributed by atoms with Crippen molar-refractivity contribution in [1.29, 1.82) is 0 Å². The van der Waals surface area contributed by atoms with Crippen LogP contribution in [-0.4, -0.2) is 24.5 Å². The van der Waals surface area contributed by atoms with Gasteiger partial charge in [-0.1, -0.05) is 19.8 Å². The maximum Gasteiger partial charge on any atom is 0.226 e. The van der Waals surface area contributed by atoms with E-state index < -0.39 is 0 Å². The minimum absolute atomic E-state index is 0.0861. The van der Waals surface area contributed by atoms with E-state index in [1.54, 1.807) is 0 Å². The fourth-order valence-electron chi connectivity index (χ4n) is 2.97. The van der Waals surface area contributed by atoms with Gasteiger partial charge in [0.05, 0.1) is 0 Å². The molecule has 1 aliphatic carbocycles. The fourth-order valence-corrected chi connectivity index (χ4v) is 2.97. The van der Waals surface area contributed by atoms with Gasteiger partial charge in [0.1, 0.15) is 0 Å². The Morgan fingerprint density at radius 2 is 2.00 bits per heavy atom. The van der Waals surface area contributed by atoms with Gasteiger partial charge in [-0.25, -0.2) is 0 Å². The number of carbonyl (C=O) groups is 1. The third-order valence-corrected chi connectivity index (χ3v) is 4.33. The molecular weight excluding hydrogens is 200 g/mol. The van der Waals surface area contributed by atoms with Gasteiger partial charge in [0, 0.05) is 17.5 Å². The van der Waals surface area contributed by atoms with E-state index in [4.69, 9.17) is 0 Å². The van der Waals surface area contributed by atoms with E-state index in [0.29, 0.717) is 12.1 Å². The molecule has 92 valence electrons. The lowest BCUT2D eigenvalue weighted by Gasteiger charge is -2.33. The van der Waals surface area contributed by atoms with Crippen LogP contribution in [0.25, 0.3) is 0 Å². The Morgan fingerprint density at radius 3 is 2.62 bits per heavy atom. The van der Waals surface area contributed by atoms with Crippen molar-refractivity contribution in [2.24, 2.45) is 5.41 Å². The van der Waals surface area contributed by atoms with Crippen molar-refractivity contribution in [1.82, 2.24) is 10.6 Å². The predicted molar refractivity (Wildman–Crippen MR) is 65.2 cm³/mol. The van der Waals surface area contributed by atoms with Crippen LogP contribution < -0.4 is 10.6 Å². The second kappa shape index (κ2) is 4.74. The Labute approximate surface area is 98.4 Å². The molecule has 2 aliphatic rings. The maximum atomic E-state index is 12.2. The number of piperidine rings is 1. The number of hydrogen-bond acceptors (Lipinski definition) is 2. The molecule has 0 aromatic heterocycles. The minimum Gasteiger partial charge on any atom is -0.351 e. The summed E-state index contributed by atoms with van der Waals surface area (Å²) in [5.41, 5.74) is -0.0861. The molecule has 2 unspecified atom stereocenters. The van der Waals surface area contributed by atoms with Gasteiger partial charge >= 0.3 is 0 Å². The summed E-state index contributed by atoms with van der Waals surface area (Å²) in [7, 11) is 0. The summed E-state index contributed by atoms with van der Waals surface area (Å²) in [5.74, 6) is 0.283. The van der Waals surface area contributed by atoms with Crippen LogP contribution in [0.2, 0.25) is 0 Å². The number of nitrogens with one attached hydrogen (secondary N) is 2. The molecule has 0 radical (unpaired) electrons. The summed E-state index contributed by atoms with van der Waals surface area (Å²) >= 11 is 0. The van der Waals surface area contributed by atoms with Crippen LogP contribution in [0, 0.1) is 5.41 Å². The quantitative estimate of drug-likeness (QED) is 0.751. The van der Waals surface area contributed by atoms with Crippen LogP contribution >= 0.6 is 0 Å². The molecule has 2 N–H and O–H groups in total. The smallest absolute Gasteiger partial charge is 0.226 e. The Morgan fingerprint density at radius 1 is 1.31 bits per heavy atom. The Bertz CT molecular complexity index is 259. The first-order chi connectivity index (χ1) is 7.62. The van der Waals surface area contributed by atoms with Crippen LogP contribution in [0.4, 0.5) is 0 Å². The molecule has 16 heavy (non-hydrogen) atoms. The monoisotopic (exact) mass is 224 g/mol. The molecule has 1 saturated carbocycles. The van der Waals surface area contributed by atoms with Gasteiger partial charge in [-0.15, -0.1) is 0 Å². The SMILES string of the molecule is CC1NCCCC1NC(=O)C1(C)CCCC1. The summed E-state index contributed by atoms with van der Waals surface area (Å²) < 4.78 is 0. The molecule has 2 rings (SSSR count). The highest BCUT2D eigenvalue weighted by Gasteiger charge is 2.37. The van der Waals surface area contributed by atoms with Crippen LogP contribution in [-0.2, 0) is 4.79 Å². The number of hydrogen-bond donors (Lipinski definition) is 2. The molecule has 1 heterocycles. The zero-order chi connectivity index (χ0) is 11.6. The average molecular weight is 224 g/mol. The van der Waals surface area contributed by atoms with Crippen molar-refractivity contribution in [3.05, 3.63) is 0 Å². The standard InChI is InChI=1S/C13H24N2O/c1-10-11(6-5-9-14-10)15-12(16)13(2)7-3-4-8-13/h10-11,14H,3-9H2,1-2H3,(H,15,16). The summed E-state index contributed by atoms with van der Waals surface area (Å²) in [5, 5.41) is 6.68. The van der Waals surface area contributed by atoms with Gasteiger partial charge in [-0.05, 0) is 39.2 Å². The summed E-state index contributed by atoms with van der Waals surface area (Å²) in [6.45, 7) is 5.38. The highest BCUT2D eigenvalue weighted by Crippen LogP contribution is 2.37. The molecule has 1 aliphatic heterocycles. The number of rotatable bonds is 2. The van der Waals surface area contributed by atoms with Crippen molar-refractivity contribution >= 4 is 5.91 Å². The fraction of sp³-hybridized carbons (Fsp3) is 0.923. The molecule has 3 heteroatoms. The summed E-state index contributed by atoms with van der Waals surface area (Å²) in [4.78, 5) is 12.2. The lowest BCUT2D eigenvalue weighted by atomic mass is 9.86. The van der Waals surface area contributed by atoms with E-state index >= 15 is 0 Å². The highest BCUT2D eigenvalue weighted by molar-refractivity contribution is 5.82. The van der Waals surface area contributed by atoms with Gasteiger partial charge in [-0.3, -0.25) is 4.79 Å². The largest absolute Gasteiger partial charge is 0.351 e. The van der Waals surface area contributed by atoms with E-state index in [2.05, 4.69) is 24.5 Å². The molecular formula is C13H24N2O. The van der Waals surface area contributed by atoms with E-state index in [-0.39, 0.29) is 11.3 Å². The van der Waals surface area contributed by atoms with E-state index in [1.165, 1.54) is 19.3 Å². The predicted octanol–water partition coefficient (Wildman–Crippen LogP) is 1.82. The lowest BCUT2D eigenvalue weighted by Crippen LogP contribution is -2.54. The number of carbonyl (C=O) groups excluding carboxylic acids is 1. The normalized spacial score (nSPS) is 33.6.